The molecule has 6 nitrogen and oxygen atoms in total. The normalized spacial score (nSPS) is 37.2. The van der Waals surface area contributed by atoms with Gasteiger partial charge in [0.1, 0.15) is 28.8 Å². The van der Waals surface area contributed by atoms with E-state index in [-0.39, 0.29) is 35.0 Å². The Balaban J connectivity index is 1.64. The van der Waals surface area contributed by atoms with Crippen molar-refractivity contribution in [2.24, 2.45) is 22.7 Å². The van der Waals surface area contributed by atoms with Gasteiger partial charge in [-0.15, -0.1) is 0 Å². The minimum absolute atomic E-state index is 0.0229. The molecular weight excluding hydrogens is 372 g/mol. The van der Waals surface area contributed by atoms with Crippen LogP contribution in [0.15, 0.2) is 23.8 Å². The number of carbonyl (C=O) groups is 1. The van der Waals surface area contributed by atoms with Crippen molar-refractivity contribution in [3.05, 3.63) is 34.9 Å². The number of allylic oxidation sites excluding steroid dienone is 1. The first kappa shape index (κ1) is 20.2. The predicted molar refractivity (Wildman–Crippen MR) is 107 cm³/mol. The van der Waals surface area contributed by atoms with E-state index in [1.165, 1.54) is 6.07 Å². The first-order valence-electron chi connectivity index (χ1n) is 10.2. The SMILES string of the molecule is Cc1cc(O)cc(O)c1C(=O)O[C@@H]1C[C@]2(C)[C@H]3CC(C)(C)C[C@H]3C=C(CO)[C@]12O. The number of esters is 1. The van der Waals surface area contributed by atoms with Crippen LogP contribution in [0, 0.1) is 29.6 Å². The van der Waals surface area contributed by atoms with Gasteiger partial charge in [0.25, 0.3) is 0 Å². The fourth-order valence-electron chi connectivity index (χ4n) is 6.31. The Morgan fingerprint density at radius 1 is 1.17 bits per heavy atom. The van der Waals surface area contributed by atoms with Crippen molar-refractivity contribution in [3.63, 3.8) is 0 Å². The molecule has 0 heterocycles. The smallest absolute Gasteiger partial charge is 0.342 e. The van der Waals surface area contributed by atoms with Crippen molar-refractivity contribution >= 4 is 5.97 Å². The summed E-state index contributed by atoms with van der Waals surface area (Å²) in [5, 5.41) is 41.4. The number of carbonyl (C=O) groups excluding carboxylic acids is 1. The van der Waals surface area contributed by atoms with Crippen LogP contribution in [0.1, 0.15) is 56.0 Å². The summed E-state index contributed by atoms with van der Waals surface area (Å²) in [4.78, 5) is 12.8. The van der Waals surface area contributed by atoms with Gasteiger partial charge in [-0.1, -0.05) is 26.8 Å². The lowest BCUT2D eigenvalue weighted by Gasteiger charge is -2.65. The summed E-state index contributed by atoms with van der Waals surface area (Å²) in [5.41, 5.74) is -0.841. The number of aryl methyl sites for hydroxylation is 1. The van der Waals surface area contributed by atoms with Gasteiger partial charge in [-0.05, 0) is 60.6 Å². The molecule has 0 spiro atoms. The maximum absolute atomic E-state index is 12.8. The van der Waals surface area contributed by atoms with Gasteiger partial charge in [-0.2, -0.15) is 0 Å². The van der Waals surface area contributed by atoms with Gasteiger partial charge in [0.15, 0.2) is 0 Å². The van der Waals surface area contributed by atoms with Gasteiger partial charge in [0.05, 0.1) is 6.61 Å². The maximum Gasteiger partial charge on any atom is 0.342 e. The molecule has 0 bridgehead atoms. The van der Waals surface area contributed by atoms with Crippen molar-refractivity contribution < 1.29 is 30.0 Å². The lowest BCUT2D eigenvalue weighted by molar-refractivity contribution is -0.250. The van der Waals surface area contributed by atoms with Crippen LogP contribution in [-0.4, -0.2) is 44.7 Å². The Morgan fingerprint density at radius 3 is 2.48 bits per heavy atom. The first-order valence-corrected chi connectivity index (χ1v) is 10.2. The lowest BCUT2D eigenvalue weighted by atomic mass is 9.44. The average molecular weight is 402 g/mol. The molecule has 1 aromatic carbocycles. The Hall–Kier alpha value is -2.05. The molecule has 0 amide bonds. The van der Waals surface area contributed by atoms with Crippen LogP contribution in [0.4, 0.5) is 0 Å². The minimum Gasteiger partial charge on any atom is -0.508 e. The van der Waals surface area contributed by atoms with Crippen molar-refractivity contribution in [2.75, 3.05) is 6.61 Å². The van der Waals surface area contributed by atoms with E-state index in [1.54, 1.807) is 6.92 Å². The predicted octanol–water partition coefficient (Wildman–Crippen LogP) is 3.06. The number of fused-ring (bicyclic) bond motifs is 3. The first-order chi connectivity index (χ1) is 13.4. The van der Waals surface area contributed by atoms with E-state index in [1.807, 2.05) is 13.0 Å². The number of hydrogen-bond donors (Lipinski definition) is 4. The zero-order valence-corrected chi connectivity index (χ0v) is 17.4. The molecule has 1 aromatic rings. The number of ether oxygens (including phenoxy) is 1. The Morgan fingerprint density at radius 2 is 1.86 bits per heavy atom. The molecule has 4 rings (SSSR count). The van der Waals surface area contributed by atoms with E-state index < -0.39 is 23.1 Å². The van der Waals surface area contributed by atoms with Crippen LogP contribution in [0.5, 0.6) is 11.5 Å². The molecule has 0 aromatic heterocycles. The summed E-state index contributed by atoms with van der Waals surface area (Å²) >= 11 is 0. The monoisotopic (exact) mass is 402 g/mol. The molecule has 5 atom stereocenters. The Bertz CT molecular complexity index is 880. The van der Waals surface area contributed by atoms with E-state index in [2.05, 4.69) is 13.8 Å². The molecule has 2 fully saturated rings. The molecule has 158 valence electrons. The molecule has 0 radical (unpaired) electrons. The third-order valence-corrected chi connectivity index (χ3v) is 7.67. The third-order valence-electron chi connectivity index (χ3n) is 7.67. The summed E-state index contributed by atoms with van der Waals surface area (Å²) < 4.78 is 5.66. The second-order valence-electron chi connectivity index (χ2n) is 10.1. The zero-order chi connectivity index (χ0) is 21.4. The van der Waals surface area contributed by atoms with E-state index in [0.717, 1.165) is 18.9 Å². The number of aromatic hydroxyl groups is 2. The Labute approximate surface area is 170 Å². The average Bonchev–Trinajstić information content (AvgIpc) is 2.91. The highest BCUT2D eigenvalue weighted by molar-refractivity contribution is 5.94. The van der Waals surface area contributed by atoms with Crippen molar-refractivity contribution in [1.82, 2.24) is 0 Å². The second kappa shape index (κ2) is 6.22. The lowest BCUT2D eigenvalue weighted by Crippen LogP contribution is -2.73. The number of hydrogen-bond acceptors (Lipinski definition) is 6. The number of rotatable bonds is 3. The number of aliphatic hydroxyl groups excluding tert-OH is 1. The number of benzene rings is 1. The second-order valence-corrected chi connectivity index (χ2v) is 10.1. The van der Waals surface area contributed by atoms with Crippen LogP contribution >= 0.6 is 0 Å². The van der Waals surface area contributed by atoms with E-state index in [9.17, 15) is 25.2 Å². The van der Waals surface area contributed by atoms with Crippen LogP contribution < -0.4 is 0 Å². The summed E-state index contributed by atoms with van der Waals surface area (Å²) in [6.45, 7) is 7.80. The van der Waals surface area contributed by atoms with Crippen LogP contribution in [0.2, 0.25) is 0 Å². The molecule has 0 unspecified atom stereocenters. The molecule has 29 heavy (non-hydrogen) atoms. The van der Waals surface area contributed by atoms with Crippen LogP contribution in [0.25, 0.3) is 0 Å². The molecule has 3 aliphatic rings. The van der Waals surface area contributed by atoms with Gasteiger partial charge in [-0.25, -0.2) is 4.79 Å². The largest absolute Gasteiger partial charge is 0.508 e. The highest BCUT2D eigenvalue weighted by Gasteiger charge is 2.72. The van der Waals surface area contributed by atoms with E-state index >= 15 is 0 Å². The van der Waals surface area contributed by atoms with Gasteiger partial charge in [0, 0.05) is 11.5 Å². The highest BCUT2D eigenvalue weighted by atomic mass is 16.6. The van der Waals surface area contributed by atoms with Crippen molar-refractivity contribution in [2.45, 2.75) is 58.7 Å². The van der Waals surface area contributed by atoms with Gasteiger partial charge in [-0.3, -0.25) is 0 Å². The summed E-state index contributed by atoms with van der Waals surface area (Å²) in [6, 6.07) is 2.47. The standard InChI is InChI=1S/C23H30O6/c1-12-5-15(25)7-17(26)19(12)20(27)29-18-10-22(4)16-9-21(2,3)8-13(16)6-14(11-24)23(18,22)28/h5-7,13,16,18,24-26,28H,8-11H2,1-4H3/t13-,16+,18-,22-,23+/m1/s1. The van der Waals surface area contributed by atoms with Crippen LogP contribution in [0.3, 0.4) is 0 Å². The van der Waals surface area contributed by atoms with Crippen molar-refractivity contribution in [3.8, 4) is 11.5 Å². The summed E-state index contributed by atoms with van der Waals surface area (Å²) in [6.07, 6.45) is 3.68. The molecule has 0 aliphatic heterocycles. The maximum atomic E-state index is 12.8. The van der Waals surface area contributed by atoms with Crippen molar-refractivity contribution in [1.29, 1.82) is 0 Å². The van der Waals surface area contributed by atoms with Crippen LogP contribution in [-0.2, 0) is 4.74 Å². The van der Waals surface area contributed by atoms with E-state index in [0.29, 0.717) is 23.5 Å². The molecule has 0 saturated heterocycles. The fraction of sp³-hybridized carbons (Fsp3) is 0.609. The number of phenolic OH excluding ortho intramolecular Hbond substituents is 2. The topological polar surface area (TPSA) is 107 Å². The summed E-state index contributed by atoms with van der Waals surface area (Å²) in [5.74, 6) is -0.680. The molecule has 6 heteroatoms. The van der Waals surface area contributed by atoms with E-state index in [4.69, 9.17) is 4.74 Å². The zero-order valence-electron chi connectivity index (χ0n) is 17.4. The third kappa shape index (κ3) is 2.72. The van der Waals surface area contributed by atoms with Gasteiger partial charge >= 0.3 is 5.97 Å². The molecule has 4 N–H and O–H groups in total. The summed E-state index contributed by atoms with van der Waals surface area (Å²) in [7, 11) is 0. The number of aliphatic hydroxyl groups is 2. The van der Waals surface area contributed by atoms with Gasteiger partial charge < -0.3 is 25.2 Å². The highest BCUT2D eigenvalue weighted by Crippen LogP contribution is 2.68. The van der Waals surface area contributed by atoms with Gasteiger partial charge in [0.2, 0.25) is 0 Å². The number of phenols is 2. The quantitative estimate of drug-likeness (QED) is 0.457. The fourth-order valence-corrected chi connectivity index (χ4v) is 6.31. The molecular formula is C23H30O6. The Kier molecular flexibility index (Phi) is 4.34. The molecule has 3 aliphatic carbocycles. The minimum atomic E-state index is -1.42. The molecule has 2 saturated carbocycles.